The van der Waals surface area contributed by atoms with Crippen molar-refractivity contribution >= 4 is 35.2 Å². The molecule has 2 rings (SSSR count). The minimum atomic E-state index is -0.538. The van der Waals surface area contributed by atoms with Crippen LogP contribution in [0.2, 0.25) is 5.02 Å². The molecule has 0 aromatic heterocycles. The van der Waals surface area contributed by atoms with Crippen LogP contribution in [0.4, 0.5) is 0 Å². The first-order chi connectivity index (χ1) is 13.9. The van der Waals surface area contributed by atoms with Gasteiger partial charge in [-0.2, -0.15) is 0 Å². The zero-order chi connectivity index (χ0) is 21.2. The Kier molecular flexibility index (Phi) is 9.55. The molecule has 0 aliphatic carbocycles. The summed E-state index contributed by atoms with van der Waals surface area (Å²) in [6.07, 6.45) is 0.857. The van der Waals surface area contributed by atoms with Gasteiger partial charge in [0.05, 0.1) is 5.75 Å². The number of aryl methyl sites for hydroxylation is 1. The van der Waals surface area contributed by atoms with Crippen LogP contribution in [-0.2, 0) is 21.9 Å². The standard InChI is InChI=1S/C23H29ClN2O2S/c1-4-13-25-23(28)18(3)26(14-19-9-11-21(24)12-10-19)22(27)16-29-15-20-8-6-5-7-17(20)2/h5-12,18H,4,13-16H2,1-3H3,(H,25,28)/t18-/m0/s1. The largest absolute Gasteiger partial charge is 0.354 e. The van der Waals surface area contributed by atoms with E-state index in [-0.39, 0.29) is 11.8 Å². The van der Waals surface area contributed by atoms with Crippen LogP contribution in [-0.4, -0.2) is 35.1 Å². The van der Waals surface area contributed by atoms with E-state index >= 15 is 0 Å². The van der Waals surface area contributed by atoms with Gasteiger partial charge < -0.3 is 10.2 Å². The number of thioether (sulfide) groups is 1. The molecule has 1 N–H and O–H groups in total. The summed E-state index contributed by atoms with van der Waals surface area (Å²) in [6, 6.07) is 15.0. The van der Waals surface area contributed by atoms with Gasteiger partial charge >= 0.3 is 0 Å². The Balaban J connectivity index is 2.05. The quantitative estimate of drug-likeness (QED) is 0.585. The molecule has 0 radical (unpaired) electrons. The number of rotatable bonds is 10. The normalized spacial score (nSPS) is 11.7. The summed E-state index contributed by atoms with van der Waals surface area (Å²) in [5.41, 5.74) is 3.39. The van der Waals surface area contributed by atoms with Crippen LogP contribution >= 0.6 is 23.4 Å². The number of carbonyl (C=O) groups is 2. The molecule has 0 heterocycles. The highest BCUT2D eigenvalue weighted by molar-refractivity contribution is 7.99. The maximum Gasteiger partial charge on any atom is 0.242 e. The predicted molar refractivity (Wildman–Crippen MR) is 122 cm³/mol. The molecule has 4 nitrogen and oxygen atoms in total. The third kappa shape index (κ3) is 7.41. The van der Waals surface area contributed by atoms with Gasteiger partial charge in [0, 0.05) is 23.9 Å². The third-order valence-electron chi connectivity index (χ3n) is 4.73. The van der Waals surface area contributed by atoms with Crippen LogP contribution in [0.1, 0.15) is 37.0 Å². The fraction of sp³-hybridized carbons (Fsp3) is 0.391. The molecule has 1 atom stereocenters. The zero-order valence-corrected chi connectivity index (χ0v) is 18.9. The smallest absolute Gasteiger partial charge is 0.242 e. The monoisotopic (exact) mass is 432 g/mol. The van der Waals surface area contributed by atoms with Crippen molar-refractivity contribution in [2.24, 2.45) is 0 Å². The van der Waals surface area contributed by atoms with Crippen LogP contribution in [0, 0.1) is 6.92 Å². The predicted octanol–water partition coefficient (Wildman–Crippen LogP) is 4.83. The molecule has 156 valence electrons. The topological polar surface area (TPSA) is 49.4 Å². The minimum Gasteiger partial charge on any atom is -0.354 e. The average molecular weight is 433 g/mol. The van der Waals surface area contributed by atoms with Crippen molar-refractivity contribution in [1.29, 1.82) is 0 Å². The van der Waals surface area contributed by atoms with Gasteiger partial charge in [-0.1, -0.05) is 54.9 Å². The number of halogens is 1. The maximum atomic E-state index is 13.0. The number of hydrogen-bond acceptors (Lipinski definition) is 3. The number of nitrogens with one attached hydrogen (secondary N) is 1. The van der Waals surface area contributed by atoms with Crippen LogP contribution in [0.3, 0.4) is 0 Å². The molecular formula is C23H29ClN2O2S. The summed E-state index contributed by atoms with van der Waals surface area (Å²) in [5, 5.41) is 3.54. The SMILES string of the molecule is CCCNC(=O)[C@H](C)N(Cc1ccc(Cl)cc1)C(=O)CSCc1ccccc1C. The van der Waals surface area contributed by atoms with E-state index in [0.29, 0.717) is 23.9 Å². The number of hydrogen-bond donors (Lipinski definition) is 1. The van der Waals surface area contributed by atoms with E-state index < -0.39 is 6.04 Å². The minimum absolute atomic E-state index is 0.0438. The average Bonchev–Trinajstić information content (AvgIpc) is 2.72. The summed E-state index contributed by atoms with van der Waals surface area (Å²) in [6.45, 7) is 6.84. The molecule has 0 spiro atoms. The first-order valence-corrected chi connectivity index (χ1v) is 11.4. The molecule has 2 aromatic rings. The first kappa shape index (κ1) is 23.3. The van der Waals surface area contributed by atoms with Gasteiger partial charge in [-0.15, -0.1) is 11.8 Å². The molecule has 0 saturated heterocycles. The number of amides is 2. The lowest BCUT2D eigenvalue weighted by Gasteiger charge is -2.28. The molecule has 0 fully saturated rings. The number of nitrogens with zero attached hydrogens (tertiary/aromatic N) is 1. The second-order valence-corrected chi connectivity index (χ2v) is 8.46. The number of benzene rings is 2. The lowest BCUT2D eigenvalue weighted by Crippen LogP contribution is -2.48. The van der Waals surface area contributed by atoms with Crippen molar-refractivity contribution in [3.8, 4) is 0 Å². The molecule has 0 unspecified atom stereocenters. The highest BCUT2D eigenvalue weighted by Gasteiger charge is 2.25. The van der Waals surface area contributed by atoms with Gasteiger partial charge in [0.15, 0.2) is 0 Å². The van der Waals surface area contributed by atoms with Crippen molar-refractivity contribution < 1.29 is 9.59 Å². The Bertz CT molecular complexity index is 811. The van der Waals surface area contributed by atoms with E-state index in [9.17, 15) is 9.59 Å². The Hall–Kier alpha value is -1.98. The van der Waals surface area contributed by atoms with Crippen LogP contribution in [0.5, 0.6) is 0 Å². The summed E-state index contributed by atoms with van der Waals surface area (Å²) >= 11 is 7.55. The summed E-state index contributed by atoms with van der Waals surface area (Å²) in [7, 11) is 0. The lowest BCUT2D eigenvalue weighted by atomic mass is 10.1. The summed E-state index contributed by atoms with van der Waals surface area (Å²) < 4.78 is 0. The second kappa shape index (κ2) is 11.9. The van der Waals surface area contributed by atoms with Gasteiger partial charge in [-0.25, -0.2) is 0 Å². The van der Waals surface area contributed by atoms with Crippen LogP contribution in [0.25, 0.3) is 0 Å². The van der Waals surface area contributed by atoms with Gasteiger partial charge in [-0.3, -0.25) is 9.59 Å². The van der Waals surface area contributed by atoms with Crippen molar-refractivity contribution in [2.75, 3.05) is 12.3 Å². The molecule has 6 heteroatoms. The van der Waals surface area contributed by atoms with E-state index in [2.05, 4.69) is 24.4 Å². The van der Waals surface area contributed by atoms with E-state index in [1.54, 1.807) is 35.7 Å². The van der Waals surface area contributed by atoms with E-state index in [1.807, 2.05) is 31.2 Å². The third-order valence-corrected chi connectivity index (χ3v) is 5.95. The van der Waals surface area contributed by atoms with Crippen LogP contribution in [0.15, 0.2) is 48.5 Å². The highest BCUT2D eigenvalue weighted by Crippen LogP contribution is 2.19. The molecule has 2 amide bonds. The first-order valence-electron chi connectivity index (χ1n) is 9.86. The molecule has 0 saturated carbocycles. The van der Waals surface area contributed by atoms with Crippen molar-refractivity contribution in [3.63, 3.8) is 0 Å². The van der Waals surface area contributed by atoms with Gasteiger partial charge in [0.25, 0.3) is 0 Å². The molecule has 0 aliphatic heterocycles. The lowest BCUT2D eigenvalue weighted by molar-refractivity contribution is -0.138. The summed E-state index contributed by atoms with van der Waals surface area (Å²) in [4.78, 5) is 27.2. The van der Waals surface area contributed by atoms with E-state index in [4.69, 9.17) is 11.6 Å². The van der Waals surface area contributed by atoms with Crippen molar-refractivity contribution in [3.05, 3.63) is 70.2 Å². The van der Waals surface area contributed by atoms with E-state index in [0.717, 1.165) is 17.7 Å². The number of carbonyl (C=O) groups excluding carboxylic acids is 2. The fourth-order valence-corrected chi connectivity index (χ4v) is 3.98. The summed E-state index contributed by atoms with van der Waals surface area (Å²) in [5.74, 6) is 0.924. The van der Waals surface area contributed by atoms with Crippen molar-refractivity contribution in [1.82, 2.24) is 10.2 Å². The fourth-order valence-electron chi connectivity index (χ4n) is 2.87. The molecular weight excluding hydrogens is 404 g/mol. The Morgan fingerprint density at radius 1 is 1.14 bits per heavy atom. The second-order valence-electron chi connectivity index (χ2n) is 7.03. The Labute approximate surface area is 183 Å². The molecule has 0 aliphatic rings. The maximum absolute atomic E-state index is 13.0. The molecule has 0 bridgehead atoms. The van der Waals surface area contributed by atoms with Gasteiger partial charge in [0.1, 0.15) is 6.04 Å². The Morgan fingerprint density at radius 3 is 2.48 bits per heavy atom. The van der Waals surface area contributed by atoms with Crippen molar-refractivity contribution in [2.45, 2.75) is 45.5 Å². The highest BCUT2D eigenvalue weighted by atomic mass is 35.5. The van der Waals surface area contributed by atoms with Crippen LogP contribution < -0.4 is 5.32 Å². The molecule has 29 heavy (non-hydrogen) atoms. The van der Waals surface area contributed by atoms with E-state index in [1.165, 1.54) is 11.1 Å². The van der Waals surface area contributed by atoms with Gasteiger partial charge in [0.2, 0.25) is 11.8 Å². The van der Waals surface area contributed by atoms with Gasteiger partial charge in [-0.05, 0) is 49.1 Å². The molecule has 2 aromatic carbocycles. The Morgan fingerprint density at radius 2 is 1.83 bits per heavy atom. The zero-order valence-electron chi connectivity index (χ0n) is 17.3.